The number of benzene rings is 1. The van der Waals surface area contributed by atoms with Crippen LogP contribution in [0.25, 0.3) is 0 Å². The Bertz CT molecular complexity index is 660. The minimum Gasteiger partial charge on any atom is -0.229 e. The van der Waals surface area contributed by atoms with Crippen LogP contribution < -0.4 is 4.72 Å². The van der Waals surface area contributed by atoms with Crippen molar-refractivity contribution in [3.05, 3.63) is 35.9 Å². The smallest absolute Gasteiger partial charge is 0.214 e. The number of sulfonamides is 1. The predicted octanol–water partition coefficient (Wildman–Crippen LogP) is 0.215. The van der Waals surface area contributed by atoms with E-state index in [0.29, 0.717) is 5.56 Å². The number of hydrogen-bond acceptors (Lipinski definition) is 5. The van der Waals surface area contributed by atoms with Crippen molar-refractivity contribution >= 4 is 19.9 Å². The molecule has 1 N–H and O–H groups in total. The Hall–Kier alpha value is -1.43. The number of nitrogens with one attached hydrogen (secondary N) is 1. The standard InChI is InChI=1S/C11H14N2O4S2/c1-18(14,15)7-8-19(16,17)13-11(9-12)10-5-3-2-4-6-10/h2-6,11,13H,7-8H2,1H3. The molecule has 0 bridgehead atoms. The van der Waals surface area contributed by atoms with Crippen LogP contribution in [-0.2, 0) is 19.9 Å². The fraction of sp³-hybridized carbons (Fsp3) is 0.364. The normalized spacial score (nSPS) is 13.7. The van der Waals surface area contributed by atoms with Crippen molar-refractivity contribution in [1.29, 1.82) is 5.26 Å². The van der Waals surface area contributed by atoms with E-state index >= 15 is 0 Å². The second-order valence-electron chi connectivity index (χ2n) is 4.04. The largest absolute Gasteiger partial charge is 0.229 e. The zero-order valence-electron chi connectivity index (χ0n) is 10.3. The molecule has 0 amide bonds. The third kappa shape index (κ3) is 5.83. The van der Waals surface area contributed by atoms with Gasteiger partial charge in [0, 0.05) is 6.26 Å². The van der Waals surface area contributed by atoms with Crippen molar-refractivity contribution in [2.45, 2.75) is 6.04 Å². The first kappa shape index (κ1) is 15.6. The zero-order valence-corrected chi connectivity index (χ0v) is 11.9. The second-order valence-corrected chi connectivity index (χ2v) is 8.17. The van der Waals surface area contributed by atoms with Gasteiger partial charge in [-0.15, -0.1) is 0 Å². The highest BCUT2D eigenvalue weighted by Crippen LogP contribution is 2.12. The molecule has 0 aliphatic rings. The number of nitrogens with zero attached hydrogens (tertiary/aromatic N) is 1. The Kier molecular flexibility index (Phi) is 5.05. The van der Waals surface area contributed by atoms with Crippen LogP contribution in [-0.4, -0.2) is 34.6 Å². The molecule has 104 valence electrons. The Morgan fingerprint density at radius 2 is 1.74 bits per heavy atom. The summed E-state index contributed by atoms with van der Waals surface area (Å²) in [5.41, 5.74) is 0.507. The third-order valence-electron chi connectivity index (χ3n) is 2.28. The van der Waals surface area contributed by atoms with Crippen LogP contribution in [0.5, 0.6) is 0 Å². The van der Waals surface area contributed by atoms with Crippen molar-refractivity contribution in [3.8, 4) is 6.07 Å². The molecule has 19 heavy (non-hydrogen) atoms. The molecule has 0 fully saturated rings. The molecule has 8 heteroatoms. The molecule has 0 spiro atoms. The molecular formula is C11H14N2O4S2. The maximum atomic E-state index is 11.7. The number of nitriles is 1. The zero-order chi connectivity index (χ0) is 14.5. The Morgan fingerprint density at radius 3 is 2.21 bits per heavy atom. The molecule has 1 rings (SSSR count). The van der Waals surface area contributed by atoms with Crippen molar-refractivity contribution in [1.82, 2.24) is 4.72 Å². The summed E-state index contributed by atoms with van der Waals surface area (Å²) in [7, 11) is -7.19. The molecule has 6 nitrogen and oxygen atoms in total. The first-order chi connectivity index (χ1) is 8.73. The summed E-state index contributed by atoms with van der Waals surface area (Å²) < 4.78 is 47.5. The van der Waals surface area contributed by atoms with E-state index in [1.165, 1.54) is 0 Å². The van der Waals surface area contributed by atoms with E-state index in [1.807, 2.05) is 6.07 Å². The Balaban J connectivity index is 2.80. The molecule has 1 aromatic carbocycles. The lowest BCUT2D eigenvalue weighted by molar-refractivity contribution is 0.573. The number of hydrogen-bond donors (Lipinski definition) is 1. The van der Waals surface area contributed by atoms with E-state index in [0.717, 1.165) is 6.26 Å². The second kappa shape index (κ2) is 6.14. The number of sulfone groups is 1. The molecule has 0 saturated heterocycles. The van der Waals surface area contributed by atoms with Crippen LogP contribution in [0.1, 0.15) is 11.6 Å². The van der Waals surface area contributed by atoms with Gasteiger partial charge >= 0.3 is 0 Å². The fourth-order valence-electron chi connectivity index (χ4n) is 1.31. The van der Waals surface area contributed by atoms with E-state index in [2.05, 4.69) is 4.72 Å². The molecule has 0 heterocycles. The SMILES string of the molecule is CS(=O)(=O)CCS(=O)(=O)NC(C#N)c1ccccc1. The average molecular weight is 302 g/mol. The van der Waals surface area contributed by atoms with Gasteiger partial charge in [0.05, 0.1) is 17.6 Å². The van der Waals surface area contributed by atoms with Crippen LogP contribution in [0.15, 0.2) is 30.3 Å². The van der Waals surface area contributed by atoms with Crippen LogP contribution in [0.2, 0.25) is 0 Å². The molecule has 1 aromatic rings. The van der Waals surface area contributed by atoms with Gasteiger partial charge in [-0.2, -0.15) is 9.98 Å². The van der Waals surface area contributed by atoms with Crippen molar-refractivity contribution < 1.29 is 16.8 Å². The molecule has 0 aliphatic heterocycles. The third-order valence-corrected chi connectivity index (χ3v) is 4.82. The van der Waals surface area contributed by atoms with Gasteiger partial charge in [0.1, 0.15) is 15.9 Å². The van der Waals surface area contributed by atoms with Gasteiger partial charge in [0.2, 0.25) is 10.0 Å². The maximum Gasteiger partial charge on any atom is 0.214 e. The lowest BCUT2D eigenvalue weighted by Gasteiger charge is -2.12. The van der Waals surface area contributed by atoms with E-state index in [-0.39, 0.29) is 0 Å². The van der Waals surface area contributed by atoms with Gasteiger partial charge in [0.25, 0.3) is 0 Å². The summed E-state index contributed by atoms with van der Waals surface area (Å²) in [4.78, 5) is 0. The van der Waals surface area contributed by atoms with Crippen molar-refractivity contribution in [2.75, 3.05) is 17.8 Å². The molecule has 0 aliphatic carbocycles. The predicted molar refractivity (Wildman–Crippen MR) is 71.4 cm³/mol. The van der Waals surface area contributed by atoms with Gasteiger partial charge in [-0.3, -0.25) is 0 Å². The molecule has 0 aromatic heterocycles. The van der Waals surface area contributed by atoms with Gasteiger partial charge in [-0.05, 0) is 5.56 Å². The first-order valence-corrected chi connectivity index (χ1v) is 9.07. The lowest BCUT2D eigenvalue weighted by Crippen LogP contribution is -2.32. The highest BCUT2D eigenvalue weighted by Gasteiger charge is 2.20. The minimum atomic E-state index is -3.83. The average Bonchev–Trinajstić information content (AvgIpc) is 2.34. The topological polar surface area (TPSA) is 104 Å². The highest BCUT2D eigenvalue weighted by atomic mass is 32.2. The Morgan fingerprint density at radius 1 is 1.16 bits per heavy atom. The van der Waals surface area contributed by atoms with Crippen LogP contribution in [0.4, 0.5) is 0 Å². The fourth-order valence-corrected chi connectivity index (χ4v) is 4.07. The molecule has 1 atom stereocenters. The minimum absolute atomic E-state index is 0.477. The summed E-state index contributed by atoms with van der Waals surface area (Å²) in [6.07, 6.45) is 0.960. The van der Waals surface area contributed by atoms with Crippen LogP contribution in [0.3, 0.4) is 0 Å². The monoisotopic (exact) mass is 302 g/mol. The summed E-state index contributed by atoms with van der Waals surface area (Å²) in [6, 6.07) is 9.16. The van der Waals surface area contributed by atoms with Crippen molar-refractivity contribution in [2.24, 2.45) is 0 Å². The molecule has 0 radical (unpaired) electrons. The van der Waals surface area contributed by atoms with Gasteiger partial charge in [-0.25, -0.2) is 16.8 Å². The van der Waals surface area contributed by atoms with Gasteiger partial charge in [0.15, 0.2) is 0 Å². The van der Waals surface area contributed by atoms with E-state index in [9.17, 15) is 16.8 Å². The van der Waals surface area contributed by atoms with Crippen LogP contribution >= 0.6 is 0 Å². The lowest BCUT2D eigenvalue weighted by atomic mass is 10.1. The summed E-state index contributed by atoms with van der Waals surface area (Å²) in [6.45, 7) is 0. The van der Waals surface area contributed by atoms with E-state index in [1.54, 1.807) is 30.3 Å². The highest BCUT2D eigenvalue weighted by molar-refractivity contribution is 7.93. The number of rotatable bonds is 6. The van der Waals surface area contributed by atoms with Gasteiger partial charge < -0.3 is 0 Å². The summed E-state index contributed by atoms with van der Waals surface area (Å²) in [5.74, 6) is -1.04. The van der Waals surface area contributed by atoms with E-state index in [4.69, 9.17) is 5.26 Å². The van der Waals surface area contributed by atoms with Crippen molar-refractivity contribution in [3.63, 3.8) is 0 Å². The van der Waals surface area contributed by atoms with Gasteiger partial charge in [-0.1, -0.05) is 30.3 Å². The first-order valence-electron chi connectivity index (χ1n) is 5.36. The van der Waals surface area contributed by atoms with Crippen LogP contribution in [0, 0.1) is 11.3 Å². The molecule has 0 saturated carbocycles. The summed E-state index contributed by atoms with van der Waals surface area (Å²) in [5, 5.41) is 8.98. The Labute approximate surface area is 113 Å². The molecular weight excluding hydrogens is 288 g/mol. The van der Waals surface area contributed by atoms with E-state index < -0.39 is 37.4 Å². The summed E-state index contributed by atoms with van der Waals surface area (Å²) >= 11 is 0. The maximum absolute atomic E-state index is 11.7. The molecule has 1 unspecified atom stereocenters. The quantitative estimate of drug-likeness (QED) is 0.809.